The van der Waals surface area contributed by atoms with Crippen LogP contribution in [0, 0.1) is 11.6 Å². The molecule has 208 valence electrons. The topological polar surface area (TPSA) is 78.9 Å². The van der Waals surface area contributed by atoms with Crippen molar-refractivity contribution in [3.63, 3.8) is 0 Å². The Bertz CT molecular complexity index is 1110. The number of carbonyl (C=O) groups excluding carboxylic acids is 3. The molecule has 2 rings (SSSR count). The van der Waals surface area contributed by atoms with Gasteiger partial charge in [0.15, 0.2) is 5.78 Å². The molecule has 0 heterocycles. The molecule has 0 fully saturated rings. The highest BCUT2D eigenvalue weighted by Crippen LogP contribution is 2.26. The monoisotopic (exact) mass is 676 g/mol. The first kappa shape index (κ1) is 33.7. The van der Waals surface area contributed by atoms with E-state index in [-0.39, 0.29) is 42.4 Å². The third-order valence-corrected chi connectivity index (χ3v) is 6.12. The van der Waals surface area contributed by atoms with Crippen molar-refractivity contribution in [1.29, 1.82) is 0 Å². The van der Waals surface area contributed by atoms with Gasteiger partial charge in [-0.05, 0) is 76.0 Å². The third kappa shape index (κ3) is 14.0. The van der Waals surface area contributed by atoms with Gasteiger partial charge in [-0.25, -0.2) is 8.78 Å². The van der Waals surface area contributed by atoms with Crippen molar-refractivity contribution < 1.29 is 37.1 Å². The molecule has 0 N–H and O–H groups in total. The maximum atomic E-state index is 13.5. The fraction of sp³-hybridized carbons (Fsp3) is 0.370. The summed E-state index contributed by atoms with van der Waals surface area (Å²) in [5, 5.41) is 0. The van der Waals surface area contributed by atoms with Crippen LogP contribution in [0.3, 0.4) is 0 Å². The van der Waals surface area contributed by atoms with Crippen molar-refractivity contribution in [3.8, 4) is 0 Å². The molecule has 38 heavy (non-hydrogen) atoms. The van der Waals surface area contributed by atoms with Crippen molar-refractivity contribution in [3.05, 3.63) is 74.2 Å². The predicted octanol–water partition coefficient (Wildman–Crippen LogP) is 7.85. The molecule has 0 saturated heterocycles. The Morgan fingerprint density at radius 3 is 1.79 bits per heavy atom. The van der Waals surface area contributed by atoms with E-state index < -0.39 is 20.1 Å². The second-order valence-corrected chi connectivity index (χ2v) is 15.1. The average Bonchev–Trinajstić information content (AvgIpc) is 2.79. The molecular weight excluding hydrogens is 646 g/mol. The van der Waals surface area contributed by atoms with Gasteiger partial charge in [-0.1, -0.05) is 31.9 Å². The van der Waals surface area contributed by atoms with Gasteiger partial charge in [0.1, 0.15) is 17.4 Å². The van der Waals surface area contributed by atoms with Gasteiger partial charge in [0, 0.05) is 26.5 Å². The van der Waals surface area contributed by atoms with Crippen molar-refractivity contribution in [2.75, 3.05) is 13.2 Å². The van der Waals surface area contributed by atoms with Crippen LogP contribution in [0.25, 0.3) is 5.76 Å². The molecule has 0 aliphatic heterocycles. The van der Waals surface area contributed by atoms with Crippen molar-refractivity contribution >= 4 is 63.7 Å². The maximum Gasteiger partial charge on any atom is 0.309 e. The number of carbonyl (C=O) groups is 3. The van der Waals surface area contributed by atoms with E-state index in [0.717, 1.165) is 6.07 Å². The molecule has 0 unspecified atom stereocenters. The molecule has 2 aromatic carbocycles. The highest BCUT2D eigenvalue weighted by Gasteiger charge is 2.20. The Labute approximate surface area is 240 Å². The lowest BCUT2D eigenvalue weighted by Crippen LogP contribution is -2.24. The first-order chi connectivity index (χ1) is 17.7. The first-order valence-electron chi connectivity index (χ1n) is 11.9. The van der Waals surface area contributed by atoms with Crippen LogP contribution in [-0.2, 0) is 23.5 Å². The zero-order chi connectivity index (χ0) is 28.9. The van der Waals surface area contributed by atoms with Crippen molar-refractivity contribution in [1.82, 2.24) is 0 Å². The molecule has 0 aromatic heterocycles. The number of benzene rings is 2. The summed E-state index contributed by atoms with van der Waals surface area (Å²) in [5.41, 5.74) is 0.856. The second kappa shape index (κ2) is 16.6. The standard InChI is InChI=1S/C15H20BrFO3Si.C12H12BrFO3/c1-5-19-15(18)7-6-14(20-21(2,3)4)11-8-12(16)10-13(17)9-11;1-2-17-12(16)4-3-11(15)8-5-9(13)7-10(14)6-8/h6,8-10H,5,7H2,1-4H3;5-7H,2-4H2,1H3/b14-6-;. The summed E-state index contributed by atoms with van der Waals surface area (Å²) in [7, 11) is -1.89. The lowest BCUT2D eigenvalue weighted by Gasteiger charge is -2.22. The molecule has 0 bridgehead atoms. The summed E-state index contributed by atoms with van der Waals surface area (Å²) >= 11 is 6.37. The van der Waals surface area contributed by atoms with Gasteiger partial charge in [-0.2, -0.15) is 0 Å². The van der Waals surface area contributed by atoms with E-state index >= 15 is 0 Å². The van der Waals surface area contributed by atoms with Gasteiger partial charge < -0.3 is 13.9 Å². The number of ether oxygens (including phenoxy) is 2. The number of rotatable bonds is 11. The number of Topliss-reactive ketones (excluding diaryl/α,β-unsaturated/α-hetero) is 1. The SMILES string of the molecule is CCOC(=O)C/C=C(\O[Si](C)(C)C)c1cc(F)cc(Br)c1.CCOC(=O)CCC(=O)c1cc(F)cc(Br)c1. The Kier molecular flexibility index (Phi) is 14.7. The Balaban J connectivity index is 0.000000389. The minimum absolute atomic E-state index is 0.0147. The fourth-order valence-corrected chi connectivity index (χ4v) is 4.74. The molecule has 6 nitrogen and oxygen atoms in total. The number of ketones is 1. The average molecular weight is 678 g/mol. The van der Waals surface area contributed by atoms with Gasteiger partial charge >= 0.3 is 11.9 Å². The maximum absolute atomic E-state index is 13.5. The fourth-order valence-electron chi connectivity index (χ4n) is 2.95. The molecule has 0 aliphatic carbocycles. The van der Waals surface area contributed by atoms with Gasteiger partial charge in [0.05, 0.1) is 26.1 Å². The zero-order valence-electron chi connectivity index (χ0n) is 22.0. The van der Waals surface area contributed by atoms with Gasteiger partial charge in [-0.15, -0.1) is 0 Å². The molecule has 2 aromatic rings. The van der Waals surface area contributed by atoms with E-state index in [1.807, 2.05) is 19.6 Å². The highest BCUT2D eigenvalue weighted by atomic mass is 79.9. The smallest absolute Gasteiger partial charge is 0.309 e. The third-order valence-electron chi connectivity index (χ3n) is 4.37. The van der Waals surface area contributed by atoms with Crippen LogP contribution in [0.15, 0.2) is 51.4 Å². The number of esters is 2. The summed E-state index contributed by atoms with van der Waals surface area (Å²) < 4.78 is 43.3. The summed E-state index contributed by atoms with van der Waals surface area (Å²) in [6, 6.07) is 8.47. The molecule has 0 saturated carbocycles. The van der Waals surface area contributed by atoms with Crippen LogP contribution in [0.1, 0.15) is 49.0 Å². The summed E-state index contributed by atoms with van der Waals surface area (Å²) in [5.74, 6) is -1.36. The van der Waals surface area contributed by atoms with Gasteiger partial charge in [0.25, 0.3) is 0 Å². The van der Waals surface area contributed by atoms with E-state index in [2.05, 4.69) is 31.9 Å². The number of hydrogen-bond acceptors (Lipinski definition) is 6. The molecule has 0 amide bonds. The Morgan fingerprint density at radius 1 is 0.789 bits per heavy atom. The lowest BCUT2D eigenvalue weighted by atomic mass is 10.1. The first-order valence-corrected chi connectivity index (χ1v) is 16.9. The molecular formula is C27H32Br2F2O6Si. The largest absolute Gasteiger partial charge is 0.544 e. The van der Waals surface area contributed by atoms with Crippen LogP contribution in [-0.4, -0.2) is 39.3 Å². The lowest BCUT2D eigenvalue weighted by molar-refractivity contribution is -0.143. The quantitative estimate of drug-likeness (QED) is 0.104. The van der Waals surface area contributed by atoms with Crippen molar-refractivity contribution in [2.45, 2.75) is 52.8 Å². The van der Waals surface area contributed by atoms with E-state index in [9.17, 15) is 23.2 Å². The van der Waals surface area contributed by atoms with Crippen LogP contribution in [0.2, 0.25) is 19.6 Å². The Hall–Kier alpha value is -2.37. The van der Waals surface area contributed by atoms with Gasteiger partial charge in [0.2, 0.25) is 8.32 Å². The number of hydrogen-bond donors (Lipinski definition) is 0. The molecule has 0 radical (unpaired) electrons. The summed E-state index contributed by atoms with van der Waals surface area (Å²) in [6.45, 7) is 10.2. The zero-order valence-corrected chi connectivity index (χ0v) is 26.2. The van der Waals surface area contributed by atoms with Gasteiger partial charge in [-0.3, -0.25) is 14.4 Å². The second-order valence-electron chi connectivity index (χ2n) is 8.84. The number of halogens is 4. The van der Waals surface area contributed by atoms with E-state index in [4.69, 9.17) is 13.9 Å². The highest BCUT2D eigenvalue weighted by molar-refractivity contribution is 9.10. The van der Waals surface area contributed by atoms with Crippen LogP contribution in [0.5, 0.6) is 0 Å². The van der Waals surface area contributed by atoms with E-state index in [1.165, 1.54) is 24.3 Å². The minimum Gasteiger partial charge on any atom is -0.544 e. The van der Waals surface area contributed by atoms with Crippen molar-refractivity contribution in [2.24, 2.45) is 0 Å². The van der Waals surface area contributed by atoms with E-state index in [1.54, 1.807) is 26.0 Å². The van der Waals surface area contributed by atoms with Crippen LogP contribution < -0.4 is 0 Å². The normalized spacial score (nSPS) is 11.2. The Morgan fingerprint density at radius 2 is 1.29 bits per heavy atom. The minimum atomic E-state index is -1.89. The molecule has 0 atom stereocenters. The van der Waals surface area contributed by atoms with E-state index in [0.29, 0.717) is 33.5 Å². The van der Waals surface area contributed by atoms with Crippen LogP contribution in [0.4, 0.5) is 8.78 Å². The summed E-state index contributed by atoms with van der Waals surface area (Å²) in [4.78, 5) is 34.2. The molecule has 0 aliphatic rings. The van der Waals surface area contributed by atoms with Crippen LogP contribution >= 0.6 is 31.9 Å². The molecule has 11 heteroatoms. The molecule has 0 spiro atoms. The predicted molar refractivity (Wildman–Crippen MR) is 152 cm³/mol. The summed E-state index contributed by atoms with van der Waals surface area (Å²) in [6.07, 6.45) is 1.79.